The lowest BCUT2D eigenvalue weighted by Gasteiger charge is -2.32. The Morgan fingerprint density at radius 1 is 1.07 bits per heavy atom. The van der Waals surface area contributed by atoms with Crippen molar-refractivity contribution in [2.45, 2.75) is 32.4 Å². The van der Waals surface area contributed by atoms with Crippen molar-refractivity contribution in [3.8, 4) is 11.5 Å². The molecule has 0 aliphatic carbocycles. The first-order valence-corrected chi connectivity index (χ1v) is 10.2. The maximum atomic E-state index is 12.8. The lowest BCUT2D eigenvalue weighted by atomic mass is 9.94. The van der Waals surface area contributed by atoms with E-state index in [2.05, 4.69) is 34.5 Å². The van der Waals surface area contributed by atoms with Gasteiger partial charge in [-0.2, -0.15) is 0 Å². The highest BCUT2D eigenvalue weighted by Gasteiger charge is 2.26. The molecule has 2 heterocycles. The third-order valence-electron chi connectivity index (χ3n) is 5.63. The van der Waals surface area contributed by atoms with Crippen LogP contribution in [0.4, 0.5) is 0 Å². The summed E-state index contributed by atoms with van der Waals surface area (Å²) in [6.07, 6.45) is 1.82. The number of rotatable bonds is 5. The molecule has 1 atom stereocenters. The van der Waals surface area contributed by atoms with Gasteiger partial charge in [0.2, 0.25) is 5.91 Å². The highest BCUT2D eigenvalue weighted by molar-refractivity contribution is 5.79. The van der Waals surface area contributed by atoms with Crippen LogP contribution in [-0.2, 0) is 11.3 Å². The molecular weight excluding hydrogens is 352 g/mol. The Labute approximate surface area is 166 Å². The quantitative estimate of drug-likeness (QED) is 0.862. The van der Waals surface area contributed by atoms with E-state index in [1.807, 2.05) is 31.2 Å². The van der Waals surface area contributed by atoms with Gasteiger partial charge in [0.25, 0.3) is 0 Å². The molecule has 4 rings (SSSR count). The highest BCUT2D eigenvalue weighted by atomic mass is 16.6. The van der Waals surface area contributed by atoms with Crippen LogP contribution in [0.1, 0.15) is 36.9 Å². The number of nitrogens with one attached hydrogen (secondary N) is 1. The molecular formula is C23H28N2O3. The van der Waals surface area contributed by atoms with Gasteiger partial charge in [0, 0.05) is 12.5 Å². The van der Waals surface area contributed by atoms with Gasteiger partial charge < -0.3 is 14.8 Å². The van der Waals surface area contributed by atoms with E-state index in [9.17, 15) is 4.79 Å². The second-order valence-corrected chi connectivity index (χ2v) is 7.67. The predicted molar refractivity (Wildman–Crippen MR) is 108 cm³/mol. The van der Waals surface area contributed by atoms with Gasteiger partial charge in [-0.3, -0.25) is 9.69 Å². The number of carbonyl (C=O) groups is 1. The van der Waals surface area contributed by atoms with Crippen molar-refractivity contribution in [1.82, 2.24) is 10.2 Å². The van der Waals surface area contributed by atoms with Crippen LogP contribution in [0.5, 0.6) is 11.5 Å². The molecule has 148 valence electrons. The molecule has 0 radical (unpaired) electrons. The molecule has 0 saturated carbocycles. The average molecular weight is 380 g/mol. The summed E-state index contributed by atoms with van der Waals surface area (Å²) in [5.41, 5.74) is 2.37. The fraction of sp³-hybridized carbons (Fsp3) is 0.435. The normalized spacial score (nSPS) is 18.5. The summed E-state index contributed by atoms with van der Waals surface area (Å²) in [7, 11) is 0. The monoisotopic (exact) mass is 380 g/mol. The Morgan fingerprint density at radius 2 is 1.79 bits per heavy atom. The maximum Gasteiger partial charge on any atom is 0.223 e. The summed E-state index contributed by atoms with van der Waals surface area (Å²) < 4.78 is 11.2. The molecule has 0 spiro atoms. The standard InChI is InChI=1S/C23H28N2O3/c1-17(20-7-8-21-22(15-20)28-14-13-27-21)24-23(26)19-9-11-25(12-10-19)16-18-5-3-2-4-6-18/h2-8,15,17,19H,9-14,16H2,1H3,(H,24,26). The number of carbonyl (C=O) groups excluding carboxylic acids is 1. The summed E-state index contributed by atoms with van der Waals surface area (Å²) in [4.78, 5) is 15.2. The number of hydrogen-bond acceptors (Lipinski definition) is 4. The van der Waals surface area contributed by atoms with E-state index in [4.69, 9.17) is 9.47 Å². The largest absolute Gasteiger partial charge is 0.486 e. The first-order valence-electron chi connectivity index (χ1n) is 10.2. The van der Waals surface area contributed by atoms with E-state index in [-0.39, 0.29) is 17.9 Å². The fourth-order valence-corrected chi connectivity index (χ4v) is 3.94. The summed E-state index contributed by atoms with van der Waals surface area (Å²) in [5, 5.41) is 3.18. The molecule has 2 aromatic rings. The van der Waals surface area contributed by atoms with Gasteiger partial charge in [0.1, 0.15) is 13.2 Å². The molecule has 0 aromatic heterocycles. The van der Waals surface area contributed by atoms with Gasteiger partial charge in [-0.25, -0.2) is 0 Å². The van der Waals surface area contributed by atoms with E-state index in [0.29, 0.717) is 13.2 Å². The van der Waals surface area contributed by atoms with E-state index < -0.39 is 0 Å². The van der Waals surface area contributed by atoms with Crippen molar-refractivity contribution in [2.75, 3.05) is 26.3 Å². The molecule has 1 saturated heterocycles. The number of nitrogens with zero attached hydrogens (tertiary/aromatic N) is 1. The number of benzene rings is 2. The zero-order valence-corrected chi connectivity index (χ0v) is 16.4. The van der Waals surface area contributed by atoms with Gasteiger partial charge in [0.15, 0.2) is 11.5 Å². The lowest BCUT2D eigenvalue weighted by molar-refractivity contribution is -0.127. The van der Waals surface area contributed by atoms with Crippen LogP contribution in [0.15, 0.2) is 48.5 Å². The summed E-state index contributed by atoms with van der Waals surface area (Å²) in [6, 6.07) is 16.4. The first-order chi connectivity index (χ1) is 13.7. The number of ether oxygens (including phenoxy) is 2. The molecule has 2 aliphatic rings. The van der Waals surface area contributed by atoms with Crippen LogP contribution in [-0.4, -0.2) is 37.1 Å². The smallest absolute Gasteiger partial charge is 0.223 e. The predicted octanol–water partition coefficient (Wildman–Crippen LogP) is 3.55. The summed E-state index contributed by atoms with van der Waals surface area (Å²) in [6.45, 7) is 6.06. The Kier molecular flexibility index (Phi) is 5.81. The molecule has 1 amide bonds. The second kappa shape index (κ2) is 8.65. The molecule has 1 fully saturated rings. The van der Waals surface area contributed by atoms with Crippen LogP contribution in [0.2, 0.25) is 0 Å². The zero-order valence-electron chi connectivity index (χ0n) is 16.4. The Bertz CT molecular complexity index is 801. The minimum atomic E-state index is -0.0503. The maximum absolute atomic E-state index is 12.8. The van der Waals surface area contributed by atoms with Gasteiger partial charge in [-0.05, 0) is 56.1 Å². The minimum absolute atomic E-state index is 0.0503. The molecule has 5 heteroatoms. The topological polar surface area (TPSA) is 50.8 Å². The van der Waals surface area contributed by atoms with Crippen LogP contribution < -0.4 is 14.8 Å². The molecule has 5 nitrogen and oxygen atoms in total. The van der Waals surface area contributed by atoms with Crippen molar-refractivity contribution < 1.29 is 14.3 Å². The van der Waals surface area contributed by atoms with Crippen LogP contribution in [0.3, 0.4) is 0 Å². The molecule has 1 N–H and O–H groups in total. The van der Waals surface area contributed by atoms with Crippen molar-refractivity contribution in [3.63, 3.8) is 0 Å². The van der Waals surface area contributed by atoms with Gasteiger partial charge >= 0.3 is 0 Å². The third-order valence-corrected chi connectivity index (χ3v) is 5.63. The Balaban J connectivity index is 1.28. The number of amides is 1. The summed E-state index contributed by atoms with van der Waals surface area (Å²) in [5.74, 6) is 1.78. The van der Waals surface area contributed by atoms with Crippen molar-refractivity contribution >= 4 is 5.91 Å². The molecule has 28 heavy (non-hydrogen) atoms. The van der Waals surface area contributed by atoms with Crippen LogP contribution in [0, 0.1) is 5.92 Å². The third kappa shape index (κ3) is 4.47. The van der Waals surface area contributed by atoms with E-state index in [0.717, 1.165) is 49.5 Å². The number of likely N-dealkylation sites (tertiary alicyclic amines) is 1. The average Bonchev–Trinajstić information content (AvgIpc) is 2.74. The zero-order chi connectivity index (χ0) is 19.3. The van der Waals surface area contributed by atoms with E-state index in [1.54, 1.807) is 0 Å². The van der Waals surface area contributed by atoms with Gasteiger partial charge in [-0.15, -0.1) is 0 Å². The fourth-order valence-electron chi connectivity index (χ4n) is 3.94. The van der Waals surface area contributed by atoms with E-state index in [1.165, 1.54) is 5.56 Å². The van der Waals surface area contributed by atoms with Crippen LogP contribution in [0.25, 0.3) is 0 Å². The van der Waals surface area contributed by atoms with Gasteiger partial charge in [-0.1, -0.05) is 36.4 Å². The highest BCUT2D eigenvalue weighted by Crippen LogP contribution is 2.32. The molecule has 2 aliphatic heterocycles. The number of fused-ring (bicyclic) bond motifs is 1. The van der Waals surface area contributed by atoms with Crippen molar-refractivity contribution in [2.24, 2.45) is 5.92 Å². The lowest BCUT2D eigenvalue weighted by Crippen LogP contribution is -2.40. The number of piperidine rings is 1. The first kappa shape index (κ1) is 18.8. The second-order valence-electron chi connectivity index (χ2n) is 7.67. The van der Waals surface area contributed by atoms with Crippen molar-refractivity contribution in [1.29, 1.82) is 0 Å². The number of hydrogen-bond donors (Lipinski definition) is 1. The van der Waals surface area contributed by atoms with Crippen LogP contribution >= 0.6 is 0 Å². The van der Waals surface area contributed by atoms with Crippen molar-refractivity contribution in [3.05, 3.63) is 59.7 Å². The molecule has 1 unspecified atom stereocenters. The SMILES string of the molecule is CC(NC(=O)C1CCN(Cc2ccccc2)CC1)c1ccc2c(c1)OCCO2. The molecule has 0 bridgehead atoms. The van der Waals surface area contributed by atoms with Gasteiger partial charge in [0.05, 0.1) is 6.04 Å². The van der Waals surface area contributed by atoms with E-state index >= 15 is 0 Å². The molecule has 2 aromatic carbocycles. The minimum Gasteiger partial charge on any atom is -0.486 e. The summed E-state index contributed by atoms with van der Waals surface area (Å²) >= 11 is 0. The Hall–Kier alpha value is -2.53. The Morgan fingerprint density at radius 3 is 2.54 bits per heavy atom.